The van der Waals surface area contributed by atoms with E-state index in [0.29, 0.717) is 0 Å². The van der Waals surface area contributed by atoms with Crippen LogP contribution >= 0.6 is 0 Å². The van der Waals surface area contributed by atoms with Gasteiger partial charge in [-0.05, 0) is 46.3 Å². The third kappa shape index (κ3) is 2.46. The van der Waals surface area contributed by atoms with Crippen molar-refractivity contribution in [2.45, 2.75) is 45.2 Å². The van der Waals surface area contributed by atoms with Crippen molar-refractivity contribution >= 4 is 0 Å². The number of hydrogen-bond donors (Lipinski definition) is 1. The molecule has 0 aromatic heterocycles. The van der Waals surface area contributed by atoms with Crippen LogP contribution in [-0.4, -0.2) is 37.1 Å². The van der Waals surface area contributed by atoms with Crippen molar-refractivity contribution in [3.05, 3.63) is 0 Å². The van der Waals surface area contributed by atoms with Gasteiger partial charge in [-0.15, -0.1) is 0 Å². The maximum atomic E-state index is 3.40. The van der Waals surface area contributed by atoms with Gasteiger partial charge in [0.05, 0.1) is 0 Å². The van der Waals surface area contributed by atoms with Crippen LogP contribution in [0.3, 0.4) is 0 Å². The quantitative estimate of drug-likeness (QED) is 0.690. The first-order valence-electron chi connectivity index (χ1n) is 5.18. The van der Waals surface area contributed by atoms with Crippen molar-refractivity contribution in [1.29, 1.82) is 0 Å². The first-order chi connectivity index (χ1) is 5.75. The smallest absolute Gasteiger partial charge is 0.0119 e. The van der Waals surface area contributed by atoms with E-state index in [-0.39, 0.29) is 0 Å². The van der Waals surface area contributed by atoms with E-state index < -0.39 is 0 Å². The molecule has 1 heterocycles. The van der Waals surface area contributed by atoms with Gasteiger partial charge in [0.2, 0.25) is 0 Å². The molecule has 1 aliphatic heterocycles. The van der Waals surface area contributed by atoms with Crippen LogP contribution in [0.5, 0.6) is 0 Å². The van der Waals surface area contributed by atoms with E-state index in [1.54, 1.807) is 0 Å². The molecule has 0 aromatic rings. The zero-order valence-corrected chi connectivity index (χ0v) is 8.64. The largest absolute Gasteiger partial charge is 0.317 e. The highest BCUT2D eigenvalue weighted by molar-refractivity contribution is 4.78. The maximum Gasteiger partial charge on any atom is 0.0119 e. The standard InChI is InChI=1S/C10H22N2/c1-4-9(2)12(3)10-5-7-11-8-6-10/h9-11H,4-8H2,1-3H3. The summed E-state index contributed by atoms with van der Waals surface area (Å²) < 4.78 is 0. The Bertz CT molecular complexity index is 119. The normalized spacial score (nSPS) is 23.0. The molecule has 72 valence electrons. The Morgan fingerprint density at radius 3 is 2.50 bits per heavy atom. The minimum absolute atomic E-state index is 0.744. The van der Waals surface area contributed by atoms with Crippen LogP contribution in [-0.2, 0) is 0 Å². The number of nitrogens with zero attached hydrogens (tertiary/aromatic N) is 1. The Morgan fingerprint density at radius 1 is 1.42 bits per heavy atom. The van der Waals surface area contributed by atoms with Crippen molar-refractivity contribution < 1.29 is 0 Å². The van der Waals surface area contributed by atoms with E-state index in [4.69, 9.17) is 0 Å². The second-order valence-electron chi connectivity index (χ2n) is 3.90. The first-order valence-corrected chi connectivity index (χ1v) is 5.18. The zero-order valence-electron chi connectivity index (χ0n) is 8.64. The van der Waals surface area contributed by atoms with Crippen LogP contribution in [0.1, 0.15) is 33.1 Å². The fourth-order valence-corrected chi connectivity index (χ4v) is 1.86. The highest BCUT2D eigenvalue weighted by Crippen LogP contribution is 2.13. The lowest BCUT2D eigenvalue weighted by molar-refractivity contribution is 0.149. The number of nitrogens with one attached hydrogen (secondary N) is 1. The minimum Gasteiger partial charge on any atom is -0.317 e. The Balaban J connectivity index is 2.33. The molecule has 0 saturated carbocycles. The number of hydrogen-bond acceptors (Lipinski definition) is 2. The zero-order chi connectivity index (χ0) is 8.97. The third-order valence-electron chi connectivity index (χ3n) is 3.17. The lowest BCUT2D eigenvalue weighted by Crippen LogP contribution is -2.44. The molecule has 12 heavy (non-hydrogen) atoms. The maximum absolute atomic E-state index is 3.40. The summed E-state index contributed by atoms with van der Waals surface area (Å²) in [6.07, 6.45) is 3.90. The lowest BCUT2D eigenvalue weighted by Gasteiger charge is -2.35. The van der Waals surface area contributed by atoms with Crippen LogP contribution in [0.4, 0.5) is 0 Å². The predicted molar refractivity (Wildman–Crippen MR) is 53.4 cm³/mol. The fourth-order valence-electron chi connectivity index (χ4n) is 1.86. The van der Waals surface area contributed by atoms with E-state index >= 15 is 0 Å². The van der Waals surface area contributed by atoms with Crippen molar-refractivity contribution in [3.8, 4) is 0 Å². The molecule has 0 amide bonds. The molecular formula is C10H22N2. The molecule has 1 unspecified atom stereocenters. The lowest BCUT2D eigenvalue weighted by atomic mass is 10.0. The molecule has 0 aliphatic carbocycles. The van der Waals surface area contributed by atoms with Gasteiger partial charge in [0.1, 0.15) is 0 Å². The van der Waals surface area contributed by atoms with Crippen LogP contribution in [0.25, 0.3) is 0 Å². The molecule has 1 aliphatic rings. The van der Waals surface area contributed by atoms with Gasteiger partial charge in [0.15, 0.2) is 0 Å². The second kappa shape index (κ2) is 4.83. The minimum atomic E-state index is 0.744. The molecule has 0 aromatic carbocycles. The number of rotatable bonds is 3. The molecule has 1 saturated heterocycles. The molecule has 0 spiro atoms. The van der Waals surface area contributed by atoms with Gasteiger partial charge in [-0.2, -0.15) is 0 Å². The number of piperidine rings is 1. The summed E-state index contributed by atoms with van der Waals surface area (Å²) in [5.74, 6) is 0. The monoisotopic (exact) mass is 170 g/mol. The summed E-state index contributed by atoms with van der Waals surface area (Å²) in [7, 11) is 2.27. The van der Waals surface area contributed by atoms with Crippen molar-refractivity contribution in [3.63, 3.8) is 0 Å². The van der Waals surface area contributed by atoms with E-state index in [1.165, 1.54) is 32.4 Å². The van der Waals surface area contributed by atoms with Gasteiger partial charge < -0.3 is 10.2 Å². The summed E-state index contributed by atoms with van der Waals surface area (Å²) in [5, 5.41) is 3.40. The summed E-state index contributed by atoms with van der Waals surface area (Å²) in [6.45, 7) is 6.99. The van der Waals surface area contributed by atoms with Gasteiger partial charge in [-0.1, -0.05) is 6.92 Å². The van der Waals surface area contributed by atoms with Crippen LogP contribution in [0, 0.1) is 0 Å². The molecule has 1 fully saturated rings. The van der Waals surface area contributed by atoms with Gasteiger partial charge >= 0.3 is 0 Å². The molecule has 2 nitrogen and oxygen atoms in total. The van der Waals surface area contributed by atoms with Crippen molar-refractivity contribution in [2.75, 3.05) is 20.1 Å². The van der Waals surface area contributed by atoms with Gasteiger partial charge in [0, 0.05) is 12.1 Å². The second-order valence-corrected chi connectivity index (χ2v) is 3.90. The highest BCUT2D eigenvalue weighted by atomic mass is 15.2. The summed E-state index contributed by atoms with van der Waals surface area (Å²) in [5.41, 5.74) is 0. The summed E-state index contributed by atoms with van der Waals surface area (Å²) in [4.78, 5) is 2.54. The Morgan fingerprint density at radius 2 is 2.00 bits per heavy atom. The topological polar surface area (TPSA) is 15.3 Å². The van der Waals surface area contributed by atoms with Gasteiger partial charge in [-0.25, -0.2) is 0 Å². The first kappa shape index (κ1) is 10.0. The SMILES string of the molecule is CCC(C)N(C)C1CCNCC1. The summed E-state index contributed by atoms with van der Waals surface area (Å²) in [6, 6.07) is 1.56. The Labute approximate surface area is 76.3 Å². The van der Waals surface area contributed by atoms with Crippen LogP contribution in [0.2, 0.25) is 0 Å². The van der Waals surface area contributed by atoms with Crippen molar-refractivity contribution in [2.24, 2.45) is 0 Å². The van der Waals surface area contributed by atoms with E-state index in [2.05, 4.69) is 31.1 Å². The molecule has 1 rings (SSSR count). The van der Waals surface area contributed by atoms with Crippen LogP contribution < -0.4 is 5.32 Å². The van der Waals surface area contributed by atoms with E-state index in [9.17, 15) is 0 Å². The van der Waals surface area contributed by atoms with E-state index in [0.717, 1.165) is 12.1 Å². The van der Waals surface area contributed by atoms with Gasteiger partial charge in [-0.3, -0.25) is 0 Å². The molecule has 0 bridgehead atoms. The molecule has 1 N–H and O–H groups in total. The predicted octanol–water partition coefficient (Wildman–Crippen LogP) is 1.47. The molecule has 0 radical (unpaired) electrons. The average Bonchev–Trinajstić information content (AvgIpc) is 2.17. The highest BCUT2D eigenvalue weighted by Gasteiger charge is 2.20. The average molecular weight is 170 g/mol. The van der Waals surface area contributed by atoms with Crippen LogP contribution in [0.15, 0.2) is 0 Å². The van der Waals surface area contributed by atoms with E-state index in [1.807, 2.05) is 0 Å². The fraction of sp³-hybridized carbons (Fsp3) is 1.00. The Kier molecular flexibility index (Phi) is 4.02. The molecule has 1 atom stereocenters. The summed E-state index contributed by atoms with van der Waals surface area (Å²) >= 11 is 0. The van der Waals surface area contributed by atoms with Crippen molar-refractivity contribution in [1.82, 2.24) is 10.2 Å². The van der Waals surface area contributed by atoms with Gasteiger partial charge in [0.25, 0.3) is 0 Å². The Hall–Kier alpha value is -0.0800. The third-order valence-corrected chi connectivity index (χ3v) is 3.17. The molecule has 2 heteroatoms. The molecular weight excluding hydrogens is 148 g/mol.